The van der Waals surface area contributed by atoms with Gasteiger partial charge in [0.15, 0.2) is 0 Å². The highest BCUT2D eigenvalue weighted by molar-refractivity contribution is 5.96. The lowest BCUT2D eigenvalue weighted by molar-refractivity contribution is -0.275. The molecule has 2 fully saturated rings. The van der Waals surface area contributed by atoms with E-state index in [1.165, 1.54) is 24.3 Å². The lowest BCUT2D eigenvalue weighted by Gasteiger charge is -2.42. The number of ether oxygens (including phenoxy) is 2. The highest BCUT2D eigenvalue weighted by atomic mass is 19.4. The summed E-state index contributed by atoms with van der Waals surface area (Å²) in [5.41, 5.74) is 2.27. The zero-order valence-electron chi connectivity index (χ0n) is 26.6. The molecular formula is C36H32F6N4O4. The second-order valence-electron chi connectivity index (χ2n) is 12.0. The first kappa shape index (κ1) is 34.7. The van der Waals surface area contributed by atoms with Gasteiger partial charge in [-0.3, -0.25) is 14.5 Å². The van der Waals surface area contributed by atoms with Crippen molar-refractivity contribution in [1.29, 1.82) is 0 Å². The Morgan fingerprint density at radius 2 is 1.02 bits per heavy atom. The molecule has 0 bridgehead atoms. The molecule has 4 aromatic rings. The topological polar surface area (TPSA) is 75.2 Å². The summed E-state index contributed by atoms with van der Waals surface area (Å²) < 4.78 is 84.2. The zero-order valence-corrected chi connectivity index (χ0v) is 26.6. The molecule has 1 aromatic heterocycles. The van der Waals surface area contributed by atoms with Crippen molar-refractivity contribution in [2.45, 2.75) is 31.6 Å². The fraction of sp³-hybridized carbons (Fsp3) is 0.306. The van der Waals surface area contributed by atoms with E-state index in [0.29, 0.717) is 56.0 Å². The molecule has 50 heavy (non-hydrogen) atoms. The Balaban J connectivity index is 1.16. The molecule has 0 saturated carbocycles. The van der Waals surface area contributed by atoms with E-state index in [1.54, 1.807) is 17.0 Å². The summed E-state index contributed by atoms with van der Waals surface area (Å²) >= 11 is 0. The third kappa shape index (κ3) is 8.72. The molecule has 0 spiro atoms. The number of hydrogen-bond donors (Lipinski definition) is 0. The second-order valence-corrected chi connectivity index (χ2v) is 12.0. The van der Waals surface area contributed by atoms with Crippen molar-refractivity contribution in [2.24, 2.45) is 0 Å². The van der Waals surface area contributed by atoms with Crippen molar-refractivity contribution >= 4 is 11.8 Å². The molecule has 2 aliphatic heterocycles. The quantitative estimate of drug-likeness (QED) is 0.189. The average molecular weight is 699 g/mol. The van der Waals surface area contributed by atoms with Crippen LogP contribution in [0.5, 0.6) is 11.5 Å². The molecule has 3 aromatic carbocycles. The fourth-order valence-electron chi connectivity index (χ4n) is 6.27. The van der Waals surface area contributed by atoms with Crippen molar-refractivity contribution in [3.05, 3.63) is 102 Å². The molecule has 0 radical (unpaired) electrons. The Hall–Kier alpha value is -5.11. The first-order chi connectivity index (χ1) is 23.8. The van der Waals surface area contributed by atoms with Crippen LogP contribution in [-0.4, -0.2) is 89.5 Å². The molecule has 2 saturated heterocycles. The molecular weight excluding hydrogens is 666 g/mol. The number of hydrogen-bond acceptors (Lipinski definition) is 6. The number of aromatic nitrogens is 1. The summed E-state index contributed by atoms with van der Waals surface area (Å²) in [5.74, 6) is -1.13. The summed E-state index contributed by atoms with van der Waals surface area (Å²) in [6, 6.07) is 22.6. The van der Waals surface area contributed by atoms with E-state index in [9.17, 15) is 35.9 Å². The molecule has 3 heterocycles. The van der Waals surface area contributed by atoms with Gasteiger partial charge in [-0.25, -0.2) is 4.98 Å². The SMILES string of the molecule is O=C(c1ccccc1)N1CCC(N2CCN(C(=O)c3cc(-c4ccc(OC(F)(F)F)cc4)nc(-c4ccc(OC(F)(F)F)cc4)c3)CC2)CC1. The van der Waals surface area contributed by atoms with Gasteiger partial charge in [0, 0.05) is 67.6 Å². The lowest BCUT2D eigenvalue weighted by Crippen LogP contribution is -2.54. The number of likely N-dealkylation sites (tertiary alicyclic amines) is 1. The summed E-state index contributed by atoms with van der Waals surface area (Å²) in [5, 5.41) is 0. The van der Waals surface area contributed by atoms with Crippen LogP contribution in [0.15, 0.2) is 91.0 Å². The maximum atomic E-state index is 13.9. The van der Waals surface area contributed by atoms with Crippen LogP contribution in [0, 0.1) is 0 Å². The lowest BCUT2D eigenvalue weighted by atomic mass is 10.0. The van der Waals surface area contributed by atoms with Gasteiger partial charge in [-0.05, 0) is 85.6 Å². The minimum Gasteiger partial charge on any atom is -0.406 e. The molecule has 2 amide bonds. The minimum absolute atomic E-state index is 0.0201. The number of benzene rings is 3. The Labute approximate surface area is 283 Å². The normalized spacial score (nSPS) is 16.3. The average Bonchev–Trinajstić information content (AvgIpc) is 3.10. The Morgan fingerprint density at radius 1 is 0.580 bits per heavy atom. The second kappa shape index (κ2) is 14.4. The standard InChI is InChI=1S/C36H32F6N4O4/c37-35(38,39)49-29-10-6-24(7-11-29)31-22-27(23-32(43-31)25-8-12-30(13-9-25)50-36(40,41)42)34(48)46-20-18-44(19-21-46)28-14-16-45(17-15-28)33(47)26-4-2-1-3-5-26/h1-13,22-23,28H,14-21H2. The number of pyridine rings is 1. The zero-order chi connectivity index (χ0) is 35.5. The number of nitrogens with zero attached hydrogens (tertiary/aromatic N) is 4. The van der Waals surface area contributed by atoms with E-state index in [-0.39, 0.29) is 34.8 Å². The molecule has 0 atom stereocenters. The molecule has 6 rings (SSSR count). The molecule has 14 heteroatoms. The van der Waals surface area contributed by atoms with E-state index in [0.717, 1.165) is 37.1 Å². The Morgan fingerprint density at radius 3 is 1.48 bits per heavy atom. The van der Waals surface area contributed by atoms with Crippen molar-refractivity contribution in [3.8, 4) is 34.0 Å². The number of rotatable bonds is 7. The van der Waals surface area contributed by atoms with Crippen molar-refractivity contribution < 1.29 is 45.4 Å². The maximum absolute atomic E-state index is 13.9. The first-order valence-corrected chi connectivity index (χ1v) is 15.9. The van der Waals surface area contributed by atoms with Crippen molar-refractivity contribution in [2.75, 3.05) is 39.3 Å². The van der Waals surface area contributed by atoms with Gasteiger partial charge in [-0.15, -0.1) is 26.3 Å². The number of piperazine rings is 1. The van der Waals surface area contributed by atoms with Gasteiger partial charge >= 0.3 is 12.7 Å². The highest BCUT2D eigenvalue weighted by Gasteiger charge is 2.33. The fourth-order valence-corrected chi connectivity index (χ4v) is 6.27. The van der Waals surface area contributed by atoms with E-state index >= 15 is 0 Å². The van der Waals surface area contributed by atoms with Crippen LogP contribution in [0.3, 0.4) is 0 Å². The van der Waals surface area contributed by atoms with Gasteiger partial charge in [-0.2, -0.15) is 0 Å². The third-order valence-corrected chi connectivity index (χ3v) is 8.73. The Bertz CT molecular complexity index is 1710. The van der Waals surface area contributed by atoms with Crippen LogP contribution in [-0.2, 0) is 0 Å². The highest BCUT2D eigenvalue weighted by Crippen LogP contribution is 2.31. The summed E-state index contributed by atoms with van der Waals surface area (Å²) in [7, 11) is 0. The predicted octanol–water partition coefficient (Wildman–Crippen LogP) is 7.28. The van der Waals surface area contributed by atoms with Crippen LogP contribution in [0.1, 0.15) is 33.6 Å². The third-order valence-electron chi connectivity index (χ3n) is 8.73. The minimum atomic E-state index is -4.87. The van der Waals surface area contributed by atoms with E-state index in [1.807, 2.05) is 35.2 Å². The summed E-state index contributed by atoms with van der Waals surface area (Å²) in [4.78, 5) is 37.3. The van der Waals surface area contributed by atoms with E-state index in [2.05, 4.69) is 19.4 Å². The predicted molar refractivity (Wildman–Crippen MR) is 171 cm³/mol. The first-order valence-electron chi connectivity index (χ1n) is 15.9. The number of alkyl halides is 6. The van der Waals surface area contributed by atoms with Gasteiger partial charge in [-0.1, -0.05) is 18.2 Å². The number of piperidine rings is 1. The van der Waals surface area contributed by atoms with Crippen molar-refractivity contribution in [3.63, 3.8) is 0 Å². The van der Waals surface area contributed by atoms with E-state index < -0.39 is 24.2 Å². The van der Waals surface area contributed by atoms with E-state index in [4.69, 9.17) is 0 Å². The van der Waals surface area contributed by atoms with Gasteiger partial charge in [0.05, 0.1) is 11.4 Å². The molecule has 0 unspecified atom stereocenters. The summed E-state index contributed by atoms with van der Waals surface area (Å²) in [6.07, 6.45) is -8.10. The number of carbonyl (C=O) groups excluding carboxylic acids is 2. The van der Waals surface area contributed by atoms with Crippen LogP contribution < -0.4 is 9.47 Å². The molecule has 0 N–H and O–H groups in total. The Kier molecular flexibility index (Phi) is 10.0. The maximum Gasteiger partial charge on any atom is 0.573 e. The van der Waals surface area contributed by atoms with Crippen LogP contribution >= 0.6 is 0 Å². The number of amides is 2. The smallest absolute Gasteiger partial charge is 0.406 e. The van der Waals surface area contributed by atoms with Gasteiger partial charge in [0.2, 0.25) is 0 Å². The molecule has 2 aliphatic rings. The van der Waals surface area contributed by atoms with Gasteiger partial charge in [0.25, 0.3) is 11.8 Å². The van der Waals surface area contributed by atoms with Gasteiger partial charge < -0.3 is 19.3 Å². The van der Waals surface area contributed by atoms with Crippen LogP contribution in [0.4, 0.5) is 26.3 Å². The largest absolute Gasteiger partial charge is 0.573 e. The van der Waals surface area contributed by atoms with Crippen molar-refractivity contribution in [1.82, 2.24) is 19.7 Å². The number of carbonyl (C=O) groups is 2. The number of halogens is 6. The van der Waals surface area contributed by atoms with Gasteiger partial charge in [0.1, 0.15) is 11.5 Å². The molecule has 0 aliphatic carbocycles. The summed E-state index contributed by atoms with van der Waals surface area (Å²) in [6.45, 7) is 3.45. The van der Waals surface area contributed by atoms with Crippen LogP contribution in [0.25, 0.3) is 22.5 Å². The molecule has 262 valence electrons. The molecule has 8 nitrogen and oxygen atoms in total. The monoisotopic (exact) mass is 698 g/mol. The van der Waals surface area contributed by atoms with Crippen LogP contribution in [0.2, 0.25) is 0 Å².